The van der Waals surface area contributed by atoms with E-state index in [4.69, 9.17) is 22.1 Å². The van der Waals surface area contributed by atoms with Gasteiger partial charge in [-0.25, -0.2) is 8.78 Å². The van der Waals surface area contributed by atoms with Crippen molar-refractivity contribution in [2.75, 3.05) is 7.11 Å². The molecule has 0 unspecified atom stereocenters. The molecule has 0 saturated carbocycles. The average Bonchev–Trinajstić information content (AvgIpc) is 2.42. The minimum absolute atomic E-state index is 0.0416. The number of nitrogens with two attached hydrogens (primary N) is 1. The molecule has 4 nitrogen and oxygen atoms in total. The first-order valence-electron chi connectivity index (χ1n) is 5.44. The summed E-state index contributed by atoms with van der Waals surface area (Å²) >= 11 is 5.67. The standard InChI is InChI=1S/C13H9ClF2N2O2/c1-20-8-3-2-7(14)11(16)9(8)12-10(15)6(13(17)19)4-5-18-12/h2-5H,1H3,(H2,17,19). The molecule has 0 radical (unpaired) electrons. The van der Waals surface area contributed by atoms with E-state index in [0.29, 0.717) is 0 Å². The van der Waals surface area contributed by atoms with E-state index in [2.05, 4.69) is 4.98 Å². The van der Waals surface area contributed by atoms with Gasteiger partial charge in [0.25, 0.3) is 5.91 Å². The zero-order valence-corrected chi connectivity index (χ0v) is 11.0. The fraction of sp³-hybridized carbons (Fsp3) is 0.0769. The predicted octanol–water partition coefficient (Wildman–Crippen LogP) is 2.79. The van der Waals surface area contributed by atoms with Crippen molar-refractivity contribution in [3.05, 3.63) is 46.6 Å². The van der Waals surface area contributed by atoms with Crippen LogP contribution in [0.2, 0.25) is 5.02 Å². The van der Waals surface area contributed by atoms with Crippen molar-refractivity contribution >= 4 is 17.5 Å². The molecule has 0 fully saturated rings. The lowest BCUT2D eigenvalue weighted by Crippen LogP contribution is -2.14. The van der Waals surface area contributed by atoms with Crippen molar-refractivity contribution in [2.45, 2.75) is 0 Å². The van der Waals surface area contributed by atoms with Crippen LogP contribution < -0.4 is 10.5 Å². The summed E-state index contributed by atoms with van der Waals surface area (Å²) in [6, 6.07) is 3.75. The van der Waals surface area contributed by atoms with Crippen molar-refractivity contribution in [3.8, 4) is 17.0 Å². The van der Waals surface area contributed by atoms with Gasteiger partial charge in [0.2, 0.25) is 0 Å². The molecule has 0 atom stereocenters. The number of primary amides is 1. The van der Waals surface area contributed by atoms with Crippen LogP contribution in [-0.4, -0.2) is 18.0 Å². The van der Waals surface area contributed by atoms with E-state index in [1.807, 2.05) is 0 Å². The molecule has 1 aromatic heterocycles. The molecular formula is C13H9ClF2N2O2. The topological polar surface area (TPSA) is 65.2 Å². The fourth-order valence-corrected chi connectivity index (χ4v) is 1.89. The van der Waals surface area contributed by atoms with Crippen LogP contribution in [0.1, 0.15) is 10.4 Å². The summed E-state index contributed by atoms with van der Waals surface area (Å²) in [7, 11) is 1.29. The van der Waals surface area contributed by atoms with E-state index < -0.39 is 28.8 Å². The number of hydrogen-bond acceptors (Lipinski definition) is 3. The fourth-order valence-electron chi connectivity index (χ4n) is 1.73. The number of hydrogen-bond donors (Lipinski definition) is 1. The Morgan fingerprint density at radius 1 is 1.30 bits per heavy atom. The molecule has 1 amide bonds. The molecule has 0 bridgehead atoms. The number of carbonyl (C=O) groups excluding carboxylic acids is 1. The van der Waals surface area contributed by atoms with Gasteiger partial charge >= 0.3 is 0 Å². The lowest BCUT2D eigenvalue weighted by molar-refractivity contribution is 0.0996. The van der Waals surface area contributed by atoms with Crippen LogP contribution in [0.4, 0.5) is 8.78 Å². The molecule has 0 aliphatic rings. The Balaban J connectivity index is 2.78. The second-order valence-corrected chi connectivity index (χ2v) is 4.23. The predicted molar refractivity (Wildman–Crippen MR) is 69.7 cm³/mol. The number of halogens is 3. The molecule has 0 aliphatic heterocycles. The van der Waals surface area contributed by atoms with Gasteiger partial charge in [-0.1, -0.05) is 11.6 Å². The molecule has 104 valence electrons. The van der Waals surface area contributed by atoms with Crippen LogP contribution >= 0.6 is 11.6 Å². The van der Waals surface area contributed by atoms with E-state index in [1.54, 1.807) is 0 Å². The second-order valence-electron chi connectivity index (χ2n) is 3.82. The first-order valence-corrected chi connectivity index (χ1v) is 5.81. The van der Waals surface area contributed by atoms with Crippen LogP contribution in [0.3, 0.4) is 0 Å². The minimum atomic E-state index is -1.03. The number of carbonyl (C=O) groups is 1. The maximum absolute atomic E-state index is 14.2. The van der Waals surface area contributed by atoms with Crippen LogP contribution in [0.15, 0.2) is 24.4 Å². The number of pyridine rings is 1. The van der Waals surface area contributed by atoms with Gasteiger partial charge in [0, 0.05) is 6.20 Å². The Bertz CT molecular complexity index is 692. The van der Waals surface area contributed by atoms with E-state index in [0.717, 1.165) is 12.3 Å². The lowest BCUT2D eigenvalue weighted by atomic mass is 10.1. The number of amides is 1. The molecule has 1 aromatic carbocycles. The van der Waals surface area contributed by atoms with Crippen molar-refractivity contribution < 1.29 is 18.3 Å². The summed E-state index contributed by atoms with van der Waals surface area (Å²) < 4.78 is 33.3. The first kappa shape index (κ1) is 14.2. The third kappa shape index (κ3) is 2.30. The summed E-state index contributed by atoms with van der Waals surface area (Å²) in [5.74, 6) is -2.86. The number of ether oxygens (including phenoxy) is 1. The third-order valence-electron chi connectivity index (χ3n) is 2.67. The highest BCUT2D eigenvalue weighted by molar-refractivity contribution is 6.31. The number of benzene rings is 1. The summed E-state index contributed by atoms with van der Waals surface area (Å²) in [5.41, 5.74) is 4.00. The van der Waals surface area contributed by atoms with Gasteiger partial charge in [0.1, 0.15) is 11.4 Å². The van der Waals surface area contributed by atoms with Gasteiger partial charge in [-0.15, -0.1) is 0 Å². The Labute approximate surface area is 118 Å². The van der Waals surface area contributed by atoms with E-state index >= 15 is 0 Å². The van der Waals surface area contributed by atoms with Crippen molar-refractivity contribution in [1.82, 2.24) is 4.98 Å². The largest absolute Gasteiger partial charge is 0.496 e. The molecule has 1 heterocycles. The summed E-state index contributed by atoms with van der Waals surface area (Å²) in [6.07, 6.45) is 1.15. The third-order valence-corrected chi connectivity index (χ3v) is 2.96. The SMILES string of the molecule is COc1ccc(Cl)c(F)c1-c1nccc(C(N)=O)c1F. The highest BCUT2D eigenvalue weighted by atomic mass is 35.5. The summed E-state index contributed by atoms with van der Waals surface area (Å²) in [5, 5.41) is -0.216. The highest BCUT2D eigenvalue weighted by Crippen LogP contribution is 2.36. The maximum Gasteiger partial charge on any atom is 0.251 e. The maximum atomic E-state index is 14.2. The number of aromatic nitrogens is 1. The molecule has 7 heteroatoms. The molecule has 20 heavy (non-hydrogen) atoms. The van der Waals surface area contributed by atoms with Gasteiger partial charge in [-0.2, -0.15) is 0 Å². The van der Waals surface area contributed by atoms with Crippen LogP contribution in [0, 0.1) is 11.6 Å². The molecule has 2 rings (SSSR count). The van der Waals surface area contributed by atoms with Gasteiger partial charge in [-0.05, 0) is 18.2 Å². The molecule has 2 aromatic rings. The number of nitrogens with zero attached hydrogens (tertiary/aromatic N) is 1. The first-order chi connectivity index (χ1) is 9.47. The van der Waals surface area contributed by atoms with Crippen molar-refractivity contribution in [1.29, 1.82) is 0 Å². The quantitative estimate of drug-likeness (QED) is 0.947. The van der Waals surface area contributed by atoms with Gasteiger partial charge in [0.15, 0.2) is 11.6 Å². The molecule has 2 N–H and O–H groups in total. The number of methoxy groups -OCH3 is 1. The van der Waals surface area contributed by atoms with Gasteiger partial charge in [0.05, 0.1) is 23.3 Å². The Hall–Kier alpha value is -2.21. The minimum Gasteiger partial charge on any atom is -0.496 e. The molecular weight excluding hydrogens is 290 g/mol. The average molecular weight is 299 g/mol. The van der Waals surface area contributed by atoms with E-state index in [-0.39, 0.29) is 16.3 Å². The van der Waals surface area contributed by atoms with Crippen molar-refractivity contribution in [3.63, 3.8) is 0 Å². The highest BCUT2D eigenvalue weighted by Gasteiger charge is 2.22. The Morgan fingerprint density at radius 2 is 2.00 bits per heavy atom. The second kappa shape index (κ2) is 5.42. The number of rotatable bonds is 3. The summed E-state index contributed by atoms with van der Waals surface area (Å²) in [6.45, 7) is 0. The van der Waals surface area contributed by atoms with Crippen LogP contribution in [0.25, 0.3) is 11.3 Å². The van der Waals surface area contributed by atoms with Crippen LogP contribution in [-0.2, 0) is 0 Å². The van der Waals surface area contributed by atoms with Gasteiger partial charge < -0.3 is 10.5 Å². The molecule has 0 saturated heterocycles. The molecule has 0 spiro atoms. The Kier molecular flexibility index (Phi) is 3.85. The summed E-state index contributed by atoms with van der Waals surface area (Å²) in [4.78, 5) is 14.9. The smallest absolute Gasteiger partial charge is 0.251 e. The van der Waals surface area contributed by atoms with E-state index in [9.17, 15) is 13.6 Å². The van der Waals surface area contributed by atoms with E-state index in [1.165, 1.54) is 19.2 Å². The lowest BCUT2D eigenvalue weighted by Gasteiger charge is -2.11. The normalized spacial score (nSPS) is 10.4. The van der Waals surface area contributed by atoms with Crippen LogP contribution in [0.5, 0.6) is 5.75 Å². The Morgan fingerprint density at radius 3 is 2.60 bits per heavy atom. The zero-order chi connectivity index (χ0) is 14.9. The molecule has 0 aliphatic carbocycles. The zero-order valence-electron chi connectivity index (χ0n) is 10.3. The monoisotopic (exact) mass is 298 g/mol. The van der Waals surface area contributed by atoms with Gasteiger partial charge in [-0.3, -0.25) is 9.78 Å². The van der Waals surface area contributed by atoms with Crippen molar-refractivity contribution in [2.24, 2.45) is 5.73 Å².